The van der Waals surface area contributed by atoms with E-state index >= 15 is 0 Å². The number of rotatable bonds is 5. The number of benzene rings is 1. The molecule has 0 spiro atoms. The van der Waals surface area contributed by atoms with Gasteiger partial charge < -0.3 is 0 Å². The van der Waals surface area contributed by atoms with Gasteiger partial charge >= 0.3 is 0 Å². The minimum Gasteiger partial charge on any atom is -0.248 e. The van der Waals surface area contributed by atoms with Gasteiger partial charge in [-0.25, -0.2) is 9.07 Å². The lowest BCUT2D eigenvalue weighted by molar-refractivity contribution is 0.536. The Morgan fingerprint density at radius 3 is 2.68 bits per heavy atom. The number of aromatic nitrogens is 3. The molecular weight excluding hydrogens is 243 g/mol. The van der Waals surface area contributed by atoms with Gasteiger partial charge in [0.2, 0.25) is 0 Å². The smallest absolute Gasteiger partial charge is 0.186 e. The van der Waals surface area contributed by atoms with E-state index in [-0.39, 0.29) is 5.82 Å². The number of hydrogen-bond acceptors (Lipinski definition) is 3. The molecule has 0 saturated carbocycles. The predicted molar refractivity (Wildman–Crippen MR) is 68.9 cm³/mol. The number of nitrogens with zero attached hydrogens (tertiary/aromatic N) is 4. The molecule has 1 heterocycles. The second kappa shape index (κ2) is 6.10. The Morgan fingerprint density at radius 1 is 1.32 bits per heavy atom. The van der Waals surface area contributed by atoms with Crippen LogP contribution < -0.4 is 0 Å². The van der Waals surface area contributed by atoms with Gasteiger partial charge in [-0.3, -0.25) is 0 Å². The van der Waals surface area contributed by atoms with Gasteiger partial charge in [0.05, 0.1) is 5.69 Å². The van der Waals surface area contributed by atoms with Gasteiger partial charge in [-0.1, -0.05) is 30.7 Å². The molecule has 0 amide bonds. The highest BCUT2D eigenvalue weighted by Gasteiger charge is 2.12. The molecule has 2 aromatic rings. The van der Waals surface area contributed by atoms with Gasteiger partial charge in [-0.05, 0) is 24.1 Å². The fraction of sp³-hybridized carbons (Fsp3) is 0.357. The zero-order chi connectivity index (χ0) is 13.7. The van der Waals surface area contributed by atoms with Gasteiger partial charge in [0, 0.05) is 13.0 Å². The van der Waals surface area contributed by atoms with Gasteiger partial charge in [0.15, 0.2) is 5.69 Å². The molecule has 0 aliphatic rings. The van der Waals surface area contributed by atoms with E-state index in [2.05, 4.69) is 23.3 Å². The van der Waals surface area contributed by atoms with E-state index in [1.54, 1.807) is 16.8 Å². The molecule has 0 N–H and O–H groups in total. The lowest BCUT2D eigenvalue weighted by atomic mass is 10.1. The Kier molecular flexibility index (Phi) is 4.24. The second-order valence-electron chi connectivity index (χ2n) is 4.38. The maximum Gasteiger partial charge on any atom is 0.186 e. The highest BCUT2D eigenvalue weighted by atomic mass is 19.1. The van der Waals surface area contributed by atoms with Gasteiger partial charge in [-0.15, -0.1) is 5.10 Å². The number of hydrogen-bond donors (Lipinski definition) is 0. The van der Waals surface area contributed by atoms with E-state index < -0.39 is 0 Å². The lowest BCUT2D eigenvalue weighted by Crippen LogP contribution is -2.06. The monoisotopic (exact) mass is 258 g/mol. The minimum absolute atomic E-state index is 0.262. The zero-order valence-corrected chi connectivity index (χ0v) is 10.8. The number of nitriles is 1. The summed E-state index contributed by atoms with van der Waals surface area (Å²) in [6.07, 6.45) is 2.59. The Labute approximate surface area is 111 Å². The number of halogens is 1. The van der Waals surface area contributed by atoms with E-state index in [1.807, 2.05) is 0 Å². The van der Waals surface area contributed by atoms with Crippen molar-refractivity contribution < 1.29 is 4.39 Å². The summed E-state index contributed by atoms with van der Waals surface area (Å²) in [5, 5.41) is 16.9. The number of aryl methyl sites for hydroxylation is 1. The van der Waals surface area contributed by atoms with Crippen LogP contribution in [0.2, 0.25) is 0 Å². The lowest BCUT2D eigenvalue weighted by Gasteiger charge is -2.06. The van der Waals surface area contributed by atoms with Crippen molar-refractivity contribution in [2.75, 3.05) is 0 Å². The van der Waals surface area contributed by atoms with E-state index in [0.717, 1.165) is 30.6 Å². The molecule has 0 bridgehead atoms. The van der Waals surface area contributed by atoms with Crippen molar-refractivity contribution in [2.24, 2.45) is 0 Å². The summed E-state index contributed by atoms with van der Waals surface area (Å²) in [6.45, 7) is 2.85. The van der Waals surface area contributed by atoms with Crippen molar-refractivity contribution in [3.8, 4) is 6.07 Å². The van der Waals surface area contributed by atoms with Crippen LogP contribution in [0.5, 0.6) is 0 Å². The fourth-order valence-electron chi connectivity index (χ4n) is 1.88. The summed E-state index contributed by atoms with van der Waals surface area (Å²) in [5.41, 5.74) is 2.08. The van der Waals surface area contributed by atoms with E-state index in [4.69, 9.17) is 5.26 Å². The van der Waals surface area contributed by atoms with Crippen LogP contribution in [-0.4, -0.2) is 15.0 Å². The van der Waals surface area contributed by atoms with Crippen LogP contribution in [0.3, 0.4) is 0 Å². The fourth-order valence-corrected chi connectivity index (χ4v) is 1.88. The van der Waals surface area contributed by atoms with Crippen molar-refractivity contribution in [2.45, 2.75) is 32.7 Å². The third kappa shape index (κ3) is 3.16. The highest BCUT2D eigenvalue weighted by molar-refractivity contribution is 5.30. The van der Waals surface area contributed by atoms with E-state index in [9.17, 15) is 4.39 Å². The number of unbranched alkanes of at least 4 members (excludes halogenated alkanes) is 1. The topological polar surface area (TPSA) is 54.5 Å². The minimum atomic E-state index is -0.262. The van der Waals surface area contributed by atoms with Crippen LogP contribution in [0, 0.1) is 17.1 Å². The molecule has 1 aromatic carbocycles. The Balaban J connectivity index is 2.24. The Bertz CT molecular complexity index is 580. The van der Waals surface area contributed by atoms with Gasteiger partial charge in [-0.2, -0.15) is 5.26 Å². The molecule has 0 aliphatic heterocycles. The van der Waals surface area contributed by atoms with Crippen LogP contribution in [-0.2, 0) is 13.0 Å². The average molecular weight is 258 g/mol. The van der Waals surface area contributed by atoms with Gasteiger partial charge in [0.1, 0.15) is 11.9 Å². The summed E-state index contributed by atoms with van der Waals surface area (Å²) in [4.78, 5) is 0. The Hall–Kier alpha value is -2.22. The quantitative estimate of drug-likeness (QED) is 0.828. The van der Waals surface area contributed by atoms with Crippen molar-refractivity contribution >= 4 is 0 Å². The summed E-state index contributed by atoms with van der Waals surface area (Å²) >= 11 is 0. The first-order chi connectivity index (χ1) is 9.24. The first kappa shape index (κ1) is 13.2. The third-order valence-corrected chi connectivity index (χ3v) is 2.95. The molecule has 0 unspecified atom stereocenters. The van der Waals surface area contributed by atoms with E-state index in [0.29, 0.717) is 12.1 Å². The molecule has 0 aliphatic carbocycles. The second-order valence-corrected chi connectivity index (χ2v) is 4.38. The van der Waals surface area contributed by atoms with Crippen molar-refractivity contribution in [3.05, 3.63) is 47.0 Å². The van der Waals surface area contributed by atoms with Crippen LogP contribution in [0.4, 0.5) is 4.39 Å². The first-order valence-electron chi connectivity index (χ1n) is 6.31. The van der Waals surface area contributed by atoms with E-state index in [1.165, 1.54) is 12.1 Å². The zero-order valence-electron chi connectivity index (χ0n) is 10.8. The molecule has 0 saturated heterocycles. The maximum absolute atomic E-state index is 12.9. The van der Waals surface area contributed by atoms with Crippen molar-refractivity contribution in [1.82, 2.24) is 15.0 Å². The summed E-state index contributed by atoms with van der Waals surface area (Å²) in [5.74, 6) is -0.262. The normalized spacial score (nSPS) is 10.4. The largest absolute Gasteiger partial charge is 0.248 e. The molecule has 5 heteroatoms. The highest BCUT2D eigenvalue weighted by Crippen LogP contribution is 2.13. The maximum atomic E-state index is 12.9. The Morgan fingerprint density at radius 2 is 2.05 bits per heavy atom. The molecule has 19 heavy (non-hydrogen) atoms. The predicted octanol–water partition coefficient (Wildman–Crippen LogP) is 2.68. The van der Waals surface area contributed by atoms with Crippen molar-refractivity contribution in [3.63, 3.8) is 0 Å². The van der Waals surface area contributed by atoms with Crippen LogP contribution in [0.25, 0.3) is 0 Å². The summed E-state index contributed by atoms with van der Waals surface area (Å²) in [6, 6.07) is 8.32. The molecule has 0 fully saturated rings. The molecule has 0 atom stereocenters. The van der Waals surface area contributed by atoms with Crippen molar-refractivity contribution in [1.29, 1.82) is 5.26 Å². The van der Waals surface area contributed by atoms with Crippen LogP contribution in [0.1, 0.15) is 36.7 Å². The molecule has 2 rings (SSSR count). The first-order valence-corrected chi connectivity index (χ1v) is 6.31. The molecule has 1 aromatic heterocycles. The van der Waals surface area contributed by atoms with Gasteiger partial charge in [0.25, 0.3) is 0 Å². The molecule has 98 valence electrons. The molecule has 4 nitrogen and oxygen atoms in total. The third-order valence-electron chi connectivity index (χ3n) is 2.95. The molecule has 0 radical (unpaired) electrons. The standard InChI is InChI=1S/C14H15FN4/c1-2-3-8-19-14(13(10-16)17-18-19)9-11-4-6-12(15)7-5-11/h4-7H,2-3,8-9H2,1H3. The van der Waals surface area contributed by atoms with Crippen LogP contribution in [0.15, 0.2) is 24.3 Å². The molecular formula is C14H15FN4. The average Bonchev–Trinajstić information content (AvgIpc) is 2.81. The SMILES string of the molecule is CCCCn1nnc(C#N)c1Cc1ccc(F)cc1. The van der Waals surface area contributed by atoms with Crippen LogP contribution >= 0.6 is 0 Å². The summed E-state index contributed by atoms with van der Waals surface area (Å²) < 4.78 is 14.6. The summed E-state index contributed by atoms with van der Waals surface area (Å²) in [7, 11) is 0.